The molecule has 0 spiro atoms. The molecule has 5 heteroatoms. The molecule has 0 unspecified atom stereocenters. The third-order valence-electron chi connectivity index (χ3n) is 3.29. The molecular formula is C14H18N4O. The van der Waals surface area contributed by atoms with Crippen molar-refractivity contribution >= 4 is 11.6 Å². The Balaban J connectivity index is 1.83. The van der Waals surface area contributed by atoms with Gasteiger partial charge in [0.05, 0.1) is 11.3 Å². The Morgan fingerprint density at radius 3 is 3.00 bits per heavy atom. The smallest absolute Gasteiger partial charge is 0.225 e. The molecule has 5 nitrogen and oxygen atoms in total. The largest absolute Gasteiger partial charge is 0.326 e. The molecular weight excluding hydrogens is 240 g/mol. The van der Waals surface area contributed by atoms with Gasteiger partial charge in [-0.25, -0.2) is 0 Å². The molecule has 2 rings (SSSR count). The van der Waals surface area contributed by atoms with Gasteiger partial charge in [-0.3, -0.25) is 4.79 Å². The Bertz CT molecular complexity index is 494. The summed E-state index contributed by atoms with van der Waals surface area (Å²) in [6.45, 7) is 2.54. The van der Waals surface area contributed by atoms with Crippen LogP contribution in [-0.2, 0) is 4.79 Å². The highest BCUT2D eigenvalue weighted by molar-refractivity contribution is 5.92. The second kappa shape index (κ2) is 6.32. The van der Waals surface area contributed by atoms with E-state index in [4.69, 9.17) is 11.0 Å². The summed E-state index contributed by atoms with van der Waals surface area (Å²) in [7, 11) is 0. The fraction of sp³-hybridized carbons (Fsp3) is 0.429. The molecule has 1 fully saturated rings. The number of para-hydroxylation sites is 1. The van der Waals surface area contributed by atoms with Crippen LogP contribution in [0.5, 0.6) is 0 Å². The Morgan fingerprint density at radius 1 is 1.53 bits per heavy atom. The third kappa shape index (κ3) is 3.78. The number of carbonyl (C=O) groups is 1. The van der Waals surface area contributed by atoms with E-state index in [0.717, 1.165) is 19.5 Å². The van der Waals surface area contributed by atoms with E-state index in [9.17, 15) is 4.79 Å². The average molecular weight is 258 g/mol. The van der Waals surface area contributed by atoms with Crippen molar-refractivity contribution in [2.24, 2.45) is 5.73 Å². The van der Waals surface area contributed by atoms with Crippen LogP contribution < -0.4 is 11.1 Å². The molecule has 1 aromatic rings. The molecule has 3 N–H and O–H groups in total. The van der Waals surface area contributed by atoms with Crippen molar-refractivity contribution in [3.63, 3.8) is 0 Å². The van der Waals surface area contributed by atoms with Crippen molar-refractivity contribution in [1.82, 2.24) is 4.90 Å². The highest BCUT2D eigenvalue weighted by Crippen LogP contribution is 2.14. The number of amides is 1. The van der Waals surface area contributed by atoms with Crippen LogP contribution in [0.3, 0.4) is 0 Å². The molecule has 0 bridgehead atoms. The first-order valence-corrected chi connectivity index (χ1v) is 6.46. The minimum atomic E-state index is -0.0665. The van der Waals surface area contributed by atoms with Gasteiger partial charge >= 0.3 is 0 Å². The maximum atomic E-state index is 11.8. The molecule has 0 saturated carbocycles. The summed E-state index contributed by atoms with van der Waals surface area (Å²) < 4.78 is 0. The van der Waals surface area contributed by atoms with E-state index in [0.29, 0.717) is 24.2 Å². The Hall–Kier alpha value is -1.90. The quantitative estimate of drug-likeness (QED) is 0.841. The van der Waals surface area contributed by atoms with Crippen molar-refractivity contribution in [2.75, 3.05) is 25.0 Å². The van der Waals surface area contributed by atoms with E-state index < -0.39 is 0 Å². The van der Waals surface area contributed by atoms with Gasteiger partial charge in [0.15, 0.2) is 0 Å². The molecule has 0 radical (unpaired) electrons. The molecule has 19 heavy (non-hydrogen) atoms. The second-order valence-corrected chi connectivity index (χ2v) is 4.80. The summed E-state index contributed by atoms with van der Waals surface area (Å²) in [5.74, 6) is -0.0665. The monoisotopic (exact) mass is 258 g/mol. The lowest BCUT2D eigenvalue weighted by Gasteiger charge is -2.14. The van der Waals surface area contributed by atoms with Gasteiger partial charge in [0, 0.05) is 25.6 Å². The van der Waals surface area contributed by atoms with Crippen molar-refractivity contribution < 1.29 is 4.79 Å². The second-order valence-electron chi connectivity index (χ2n) is 4.80. The molecule has 1 heterocycles. The number of nitrogens with two attached hydrogens (primary N) is 1. The van der Waals surface area contributed by atoms with Crippen LogP contribution in [0.2, 0.25) is 0 Å². The number of hydrogen-bond acceptors (Lipinski definition) is 4. The number of hydrogen-bond donors (Lipinski definition) is 2. The topological polar surface area (TPSA) is 82.2 Å². The van der Waals surface area contributed by atoms with Crippen molar-refractivity contribution in [2.45, 2.75) is 18.9 Å². The van der Waals surface area contributed by atoms with E-state index in [-0.39, 0.29) is 11.9 Å². The molecule has 1 amide bonds. The van der Waals surface area contributed by atoms with Gasteiger partial charge < -0.3 is 16.0 Å². The SMILES string of the molecule is N#Cc1ccccc1NC(=O)CCN1CC[C@@H](N)C1. The number of nitriles is 1. The highest BCUT2D eigenvalue weighted by Gasteiger charge is 2.19. The van der Waals surface area contributed by atoms with E-state index in [1.54, 1.807) is 24.3 Å². The van der Waals surface area contributed by atoms with Gasteiger partial charge in [-0.15, -0.1) is 0 Å². The van der Waals surface area contributed by atoms with Gasteiger partial charge in [0.25, 0.3) is 0 Å². The average Bonchev–Trinajstić information content (AvgIpc) is 2.83. The number of likely N-dealkylation sites (tertiary alicyclic amines) is 1. The first kappa shape index (κ1) is 13.5. The Labute approximate surface area is 113 Å². The summed E-state index contributed by atoms with van der Waals surface area (Å²) >= 11 is 0. The molecule has 1 aliphatic rings. The molecule has 1 aliphatic heterocycles. The lowest BCUT2D eigenvalue weighted by atomic mass is 10.2. The highest BCUT2D eigenvalue weighted by atomic mass is 16.1. The van der Waals surface area contributed by atoms with Crippen LogP contribution >= 0.6 is 0 Å². The van der Waals surface area contributed by atoms with E-state index >= 15 is 0 Å². The minimum absolute atomic E-state index is 0.0665. The van der Waals surface area contributed by atoms with Crippen LogP contribution in [0.4, 0.5) is 5.69 Å². The lowest BCUT2D eigenvalue weighted by molar-refractivity contribution is -0.116. The molecule has 0 aromatic heterocycles. The fourth-order valence-corrected chi connectivity index (χ4v) is 2.23. The zero-order valence-electron chi connectivity index (χ0n) is 10.8. The third-order valence-corrected chi connectivity index (χ3v) is 3.29. The number of benzene rings is 1. The van der Waals surface area contributed by atoms with E-state index in [1.807, 2.05) is 0 Å². The van der Waals surface area contributed by atoms with Crippen molar-refractivity contribution in [3.8, 4) is 6.07 Å². The van der Waals surface area contributed by atoms with Gasteiger partial charge in [-0.1, -0.05) is 12.1 Å². The first-order valence-electron chi connectivity index (χ1n) is 6.46. The van der Waals surface area contributed by atoms with Crippen LogP contribution in [0.1, 0.15) is 18.4 Å². The summed E-state index contributed by atoms with van der Waals surface area (Å²) in [5, 5.41) is 11.7. The number of nitrogens with one attached hydrogen (secondary N) is 1. The molecule has 100 valence electrons. The van der Waals surface area contributed by atoms with Crippen LogP contribution in [0, 0.1) is 11.3 Å². The molecule has 0 aliphatic carbocycles. The maximum absolute atomic E-state index is 11.8. The van der Waals surface area contributed by atoms with E-state index in [1.165, 1.54) is 0 Å². The number of carbonyl (C=O) groups excluding carboxylic acids is 1. The van der Waals surface area contributed by atoms with Crippen molar-refractivity contribution in [1.29, 1.82) is 5.26 Å². The van der Waals surface area contributed by atoms with Gasteiger partial charge in [0.1, 0.15) is 6.07 Å². The van der Waals surface area contributed by atoms with Crippen LogP contribution in [0.15, 0.2) is 24.3 Å². The summed E-state index contributed by atoms with van der Waals surface area (Å²) in [4.78, 5) is 14.0. The Kier molecular flexibility index (Phi) is 4.50. The van der Waals surface area contributed by atoms with Gasteiger partial charge in [-0.2, -0.15) is 5.26 Å². The zero-order chi connectivity index (χ0) is 13.7. The molecule has 1 saturated heterocycles. The predicted octanol–water partition coefficient (Wildman–Crippen LogP) is 0.920. The first-order chi connectivity index (χ1) is 9.19. The zero-order valence-corrected chi connectivity index (χ0v) is 10.8. The lowest BCUT2D eigenvalue weighted by Crippen LogP contribution is -2.29. The normalized spacial score (nSPS) is 19.1. The standard InChI is InChI=1S/C14H18N4O/c15-9-11-3-1-2-4-13(11)17-14(19)6-8-18-7-5-12(16)10-18/h1-4,12H,5-8,10,16H2,(H,17,19)/t12-/m1/s1. The van der Waals surface area contributed by atoms with Crippen LogP contribution in [-0.4, -0.2) is 36.5 Å². The number of anilines is 1. The minimum Gasteiger partial charge on any atom is -0.326 e. The van der Waals surface area contributed by atoms with Crippen molar-refractivity contribution in [3.05, 3.63) is 29.8 Å². The van der Waals surface area contributed by atoms with Gasteiger partial charge in [-0.05, 0) is 25.1 Å². The summed E-state index contributed by atoms with van der Waals surface area (Å²) in [5.41, 5.74) is 6.88. The summed E-state index contributed by atoms with van der Waals surface area (Å²) in [6, 6.07) is 9.31. The van der Waals surface area contributed by atoms with Crippen LogP contribution in [0.25, 0.3) is 0 Å². The number of nitrogens with zero attached hydrogens (tertiary/aromatic N) is 2. The fourth-order valence-electron chi connectivity index (χ4n) is 2.23. The maximum Gasteiger partial charge on any atom is 0.225 e. The predicted molar refractivity (Wildman–Crippen MR) is 73.4 cm³/mol. The van der Waals surface area contributed by atoms with E-state index in [2.05, 4.69) is 16.3 Å². The summed E-state index contributed by atoms with van der Waals surface area (Å²) in [6.07, 6.45) is 1.42. The van der Waals surface area contributed by atoms with Gasteiger partial charge in [0.2, 0.25) is 5.91 Å². The molecule has 1 atom stereocenters. The number of rotatable bonds is 4. The molecule has 1 aromatic carbocycles. The Morgan fingerprint density at radius 2 is 2.32 bits per heavy atom.